The topological polar surface area (TPSA) is 68.0 Å². The second kappa shape index (κ2) is 5.85. The van der Waals surface area contributed by atoms with Crippen LogP contribution in [0.15, 0.2) is 54.6 Å². The molecule has 0 unspecified atom stereocenters. The van der Waals surface area contributed by atoms with Gasteiger partial charge < -0.3 is 11.1 Å². The highest BCUT2D eigenvalue weighted by atomic mass is 35.5. The number of nitrogens with zero attached hydrogens (tertiary/aromatic N) is 1. The molecule has 0 saturated carbocycles. The number of allylic oxidation sites excluding steroid dienone is 2. The lowest BCUT2D eigenvalue weighted by Crippen LogP contribution is -2.29. The number of carbonyl (C=O) groups is 1. The van der Waals surface area contributed by atoms with Crippen molar-refractivity contribution in [1.29, 1.82) is 0 Å². The zero-order chi connectivity index (χ0) is 16.6. The van der Waals surface area contributed by atoms with E-state index < -0.39 is 5.82 Å². The predicted octanol–water partition coefficient (Wildman–Crippen LogP) is 3.04. The van der Waals surface area contributed by atoms with Gasteiger partial charge in [-0.05, 0) is 29.3 Å². The molecule has 1 aliphatic rings. The number of benzene rings is 1. The third-order valence-corrected chi connectivity index (χ3v) is 4.03. The highest BCUT2D eigenvalue weighted by molar-refractivity contribution is 6.31. The number of hydrogen-bond acceptors (Lipinski definition) is 4. The average molecular weight is 330 g/mol. The van der Waals surface area contributed by atoms with E-state index in [4.69, 9.17) is 17.3 Å². The van der Waals surface area contributed by atoms with Gasteiger partial charge in [0, 0.05) is 29.5 Å². The minimum absolute atomic E-state index is 0.240. The number of rotatable bonds is 3. The van der Waals surface area contributed by atoms with Gasteiger partial charge in [0.1, 0.15) is 11.5 Å². The van der Waals surface area contributed by atoms with E-state index in [1.54, 1.807) is 18.3 Å². The van der Waals surface area contributed by atoms with Gasteiger partial charge in [0.2, 0.25) is 5.78 Å². The minimum atomic E-state index is -0.417. The molecule has 0 radical (unpaired) electrons. The lowest BCUT2D eigenvalue weighted by molar-refractivity contribution is 0.102. The van der Waals surface area contributed by atoms with Gasteiger partial charge in [0.25, 0.3) is 0 Å². The molecule has 4 nitrogen and oxygen atoms in total. The fourth-order valence-electron chi connectivity index (χ4n) is 2.42. The maximum Gasteiger partial charge on any atom is 0.213 e. The summed E-state index contributed by atoms with van der Waals surface area (Å²) >= 11 is 5.99. The number of aromatic nitrogens is 1. The molecule has 0 bridgehead atoms. The first-order chi connectivity index (χ1) is 11.0. The van der Waals surface area contributed by atoms with Crippen molar-refractivity contribution in [3.05, 3.63) is 82.2 Å². The van der Waals surface area contributed by atoms with Crippen LogP contribution in [0.4, 0.5) is 4.39 Å². The molecule has 0 spiro atoms. The maximum atomic E-state index is 13.1. The second-order valence-corrected chi connectivity index (χ2v) is 5.51. The number of ketones is 1. The Balaban J connectivity index is 1.89. The molecular formula is C17H13ClFN3O. The number of pyridine rings is 1. The van der Waals surface area contributed by atoms with E-state index in [2.05, 4.69) is 16.9 Å². The fourth-order valence-corrected chi connectivity index (χ4v) is 2.65. The molecule has 23 heavy (non-hydrogen) atoms. The van der Waals surface area contributed by atoms with E-state index in [-0.39, 0.29) is 28.7 Å². The van der Waals surface area contributed by atoms with E-state index in [9.17, 15) is 9.18 Å². The molecule has 3 N–H and O–H groups in total. The summed E-state index contributed by atoms with van der Waals surface area (Å²) in [4.78, 5) is 16.5. The zero-order valence-corrected chi connectivity index (χ0v) is 12.8. The molecule has 6 heteroatoms. The van der Waals surface area contributed by atoms with Crippen molar-refractivity contribution in [2.45, 2.75) is 6.54 Å². The molecule has 0 fully saturated rings. The van der Waals surface area contributed by atoms with E-state index in [0.29, 0.717) is 22.3 Å². The first kappa shape index (κ1) is 15.2. The summed E-state index contributed by atoms with van der Waals surface area (Å²) in [5.74, 6) is -0.671. The number of nitrogens with one attached hydrogen (secondary N) is 1. The summed E-state index contributed by atoms with van der Waals surface area (Å²) in [6.45, 7) is 4.17. The van der Waals surface area contributed by atoms with Crippen LogP contribution in [0.1, 0.15) is 21.5 Å². The number of Topliss-reactive ketones (excluding diaryl/α,β-unsaturated/α-hetero) is 1. The van der Waals surface area contributed by atoms with Crippen LogP contribution in [-0.4, -0.2) is 10.8 Å². The van der Waals surface area contributed by atoms with Gasteiger partial charge in [-0.25, -0.2) is 4.39 Å². The van der Waals surface area contributed by atoms with Gasteiger partial charge >= 0.3 is 0 Å². The first-order valence-corrected chi connectivity index (χ1v) is 7.22. The van der Waals surface area contributed by atoms with Crippen molar-refractivity contribution >= 4 is 23.0 Å². The van der Waals surface area contributed by atoms with Crippen molar-refractivity contribution in [2.24, 2.45) is 5.73 Å². The zero-order valence-electron chi connectivity index (χ0n) is 12.1. The smallest absolute Gasteiger partial charge is 0.213 e. The molecule has 3 rings (SSSR count). The summed E-state index contributed by atoms with van der Waals surface area (Å²) in [6, 6.07) is 5.79. The van der Waals surface area contributed by atoms with Crippen LogP contribution in [0.3, 0.4) is 0 Å². The van der Waals surface area contributed by atoms with Crippen LogP contribution in [0, 0.1) is 5.82 Å². The molecule has 0 aliphatic heterocycles. The number of carbonyl (C=O) groups excluding carboxylic acids is 1. The molecule has 116 valence electrons. The number of nitrogens with two attached hydrogens (primary N) is 1. The van der Waals surface area contributed by atoms with Crippen LogP contribution >= 0.6 is 11.6 Å². The Labute approximate surface area is 137 Å². The van der Waals surface area contributed by atoms with E-state index >= 15 is 0 Å². The van der Waals surface area contributed by atoms with E-state index in [0.717, 1.165) is 0 Å². The molecule has 1 aromatic heterocycles. The number of fused-ring (bicyclic) bond motifs is 1. The maximum absolute atomic E-state index is 13.1. The quantitative estimate of drug-likeness (QED) is 0.908. The highest BCUT2D eigenvalue weighted by Crippen LogP contribution is 2.30. The summed E-state index contributed by atoms with van der Waals surface area (Å²) in [6.07, 6.45) is 3.07. The number of halogens is 2. The monoisotopic (exact) mass is 329 g/mol. The van der Waals surface area contributed by atoms with Crippen LogP contribution in [0.25, 0.3) is 5.57 Å². The Morgan fingerprint density at radius 1 is 1.30 bits per heavy atom. The summed E-state index contributed by atoms with van der Waals surface area (Å²) in [7, 11) is 0. The van der Waals surface area contributed by atoms with Crippen LogP contribution < -0.4 is 11.1 Å². The molecule has 0 saturated heterocycles. The van der Waals surface area contributed by atoms with Gasteiger partial charge in [0.05, 0.1) is 11.3 Å². The highest BCUT2D eigenvalue weighted by Gasteiger charge is 2.27. The molecule has 1 heterocycles. The molecular weight excluding hydrogens is 317 g/mol. The van der Waals surface area contributed by atoms with Gasteiger partial charge in [-0.15, -0.1) is 0 Å². The Hall–Kier alpha value is -2.66. The molecule has 1 aromatic carbocycles. The minimum Gasteiger partial charge on any atom is -0.396 e. The Bertz CT molecular complexity index is 861. The van der Waals surface area contributed by atoms with Crippen molar-refractivity contribution in [2.75, 3.05) is 0 Å². The van der Waals surface area contributed by atoms with Crippen molar-refractivity contribution in [3.8, 4) is 0 Å². The van der Waals surface area contributed by atoms with Crippen LogP contribution in [-0.2, 0) is 6.54 Å². The third-order valence-electron chi connectivity index (χ3n) is 3.68. The van der Waals surface area contributed by atoms with Crippen molar-refractivity contribution in [3.63, 3.8) is 0 Å². The first-order valence-electron chi connectivity index (χ1n) is 6.85. The Morgan fingerprint density at radius 2 is 2.09 bits per heavy atom. The van der Waals surface area contributed by atoms with Crippen LogP contribution in [0.5, 0.6) is 0 Å². The van der Waals surface area contributed by atoms with Gasteiger partial charge in [-0.3, -0.25) is 9.78 Å². The van der Waals surface area contributed by atoms with E-state index in [1.165, 1.54) is 18.3 Å². The standard InChI is InChI=1S/C17H13ClFN3O/c1-9-12-4-5-21-8-13(12)17(23)16(15(9)20)22-7-10-2-3-11(19)6-14(10)18/h2-6,8,22H,1,7,20H2. The normalized spacial score (nSPS) is 14.0. The fraction of sp³-hybridized carbons (Fsp3) is 0.0588. The van der Waals surface area contributed by atoms with Crippen molar-refractivity contribution in [1.82, 2.24) is 10.3 Å². The predicted molar refractivity (Wildman–Crippen MR) is 87.1 cm³/mol. The average Bonchev–Trinajstić information content (AvgIpc) is 2.54. The Kier molecular flexibility index (Phi) is 3.88. The largest absolute Gasteiger partial charge is 0.396 e. The summed E-state index contributed by atoms with van der Waals surface area (Å²) < 4.78 is 13.1. The third kappa shape index (κ3) is 2.71. The van der Waals surface area contributed by atoms with Gasteiger partial charge in [-0.1, -0.05) is 24.2 Å². The molecule has 2 aromatic rings. The molecule has 0 amide bonds. The Morgan fingerprint density at radius 3 is 2.83 bits per heavy atom. The summed E-state index contributed by atoms with van der Waals surface area (Å²) in [5.41, 5.74) is 8.91. The van der Waals surface area contributed by atoms with Crippen LogP contribution in [0.2, 0.25) is 5.02 Å². The lowest BCUT2D eigenvalue weighted by atomic mass is 9.89. The van der Waals surface area contributed by atoms with Gasteiger partial charge in [0.15, 0.2) is 0 Å². The van der Waals surface area contributed by atoms with Gasteiger partial charge in [-0.2, -0.15) is 0 Å². The van der Waals surface area contributed by atoms with E-state index in [1.807, 2.05) is 0 Å². The molecule has 1 aliphatic carbocycles. The SMILES string of the molecule is C=C1C(N)=C(NCc2ccc(F)cc2Cl)C(=O)c2cnccc21. The number of hydrogen-bond donors (Lipinski definition) is 2. The van der Waals surface area contributed by atoms with Crippen molar-refractivity contribution < 1.29 is 9.18 Å². The molecule has 0 atom stereocenters. The second-order valence-electron chi connectivity index (χ2n) is 5.11. The lowest BCUT2D eigenvalue weighted by Gasteiger charge is -2.22. The summed E-state index contributed by atoms with van der Waals surface area (Å²) in [5, 5.41) is 3.26.